The lowest BCUT2D eigenvalue weighted by Crippen LogP contribution is -2.27. The number of aromatic nitrogens is 1. The quantitative estimate of drug-likeness (QED) is 0.688. The maximum absolute atomic E-state index is 12.9. The maximum atomic E-state index is 12.9. The van der Waals surface area contributed by atoms with Gasteiger partial charge in [-0.2, -0.15) is 0 Å². The highest BCUT2D eigenvalue weighted by atomic mass is 32.2. The first-order valence-corrected chi connectivity index (χ1v) is 9.65. The highest BCUT2D eigenvalue weighted by Crippen LogP contribution is 2.42. The van der Waals surface area contributed by atoms with E-state index in [0.717, 1.165) is 44.3 Å². The van der Waals surface area contributed by atoms with Gasteiger partial charge in [0.25, 0.3) is 0 Å². The third-order valence-electron chi connectivity index (χ3n) is 4.08. The van der Waals surface area contributed by atoms with Gasteiger partial charge in [-0.3, -0.25) is 9.10 Å². The number of carbonyl (C=O) groups excluding carboxylic acids is 1. The van der Waals surface area contributed by atoms with E-state index in [0.29, 0.717) is 10.1 Å². The van der Waals surface area contributed by atoms with Crippen molar-refractivity contribution in [2.24, 2.45) is 0 Å². The van der Waals surface area contributed by atoms with Crippen molar-refractivity contribution in [1.82, 2.24) is 5.16 Å². The van der Waals surface area contributed by atoms with Gasteiger partial charge < -0.3 is 9.26 Å². The maximum Gasteiger partial charge on any atom is 0.573 e. The molecule has 1 aromatic heterocycles. The smallest absolute Gasteiger partial charge is 0.406 e. The molecule has 0 spiro atoms. The molecule has 0 amide bonds. The molecule has 1 aliphatic rings. The van der Waals surface area contributed by atoms with Crippen LogP contribution in [0.2, 0.25) is 0 Å². The summed E-state index contributed by atoms with van der Waals surface area (Å²) in [6.07, 6.45) is -1.19. The van der Waals surface area contributed by atoms with Crippen molar-refractivity contribution in [2.75, 3.05) is 17.6 Å². The lowest BCUT2D eigenvalue weighted by Gasteiger charge is -2.21. The summed E-state index contributed by atoms with van der Waals surface area (Å²) in [6.45, 7) is 0. The molecule has 1 aliphatic carbocycles. The summed E-state index contributed by atoms with van der Waals surface area (Å²) in [6, 6.07) is 2.89. The molecule has 1 heterocycles. The van der Waals surface area contributed by atoms with Crippen LogP contribution in [0.5, 0.6) is 5.75 Å². The standard InChI is InChI=1S/C16H15F3N2O5S/c1-21(27(2,23)24)13-7-10(25-16(17,18)19)5-6-11(13)14(22)12-8-20-26-15(12)9-3-4-9/h5-9H,3-4H2,1-2H3. The normalized spacial score (nSPS) is 14.9. The second kappa shape index (κ2) is 6.55. The van der Waals surface area contributed by atoms with Gasteiger partial charge >= 0.3 is 6.36 Å². The fourth-order valence-electron chi connectivity index (χ4n) is 2.54. The Kier molecular flexibility index (Phi) is 4.66. The van der Waals surface area contributed by atoms with Crippen LogP contribution in [0.3, 0.4) is 0 Å². The van der Waals surface area contributed by atoms with Crippen LogP contribution >= 0.6 is 0 Å². The summed E-state index contributed by atoms with van der Waals surface area (Å²) in [4.78, 5) is 12.9. The van der Waals surface area contributed by atoms with Gasteiger partial charge in [0.1, 0.15) is 5.75 Å². The van der Waals surface area contributed by atoms with Crippen LogP contribution in [0.1, 0.15) is 40.4 Å². The third kappa shape index (κ3) is 4.24. The van der Waals surface area contributed by atoms with Crippen LogP contribution < -0.4 is 9.04 Å². The Labute approximate surface area is 152 Å². The van der Waals surface area contributed by atoms with Crippen LogP contribution in [-0.2, 0) is 10.0 Å². The molecular formula is C16H15F3N2O5S. The lowest BCUT2D eigenvalue weighted by molar-refractivity contribution is -0.274. The Morgan fingerprint density at radius 2 is 1.96 bits per heavy atom. The minimum absolute atomic E-state index is 0.0652. The minimum Gasteiger partial charge on any atom is -0.406 e. The zero-order valence-corrected chi connectivity index (χ0v) is 15.1. The van der Waals surface area contributed by atoms with E-state index >= 15 is 0 Å². The summed E-state index contributed by atoms with van der Waals surface area (Å²) in [5.41, 5.74) is -0.195. The SMILES string of the molecule is CN(c1cc(OC(F)(F)F)ccc1C(=O)c1cnoc1C1CC1)S(C)(=O)=O. The third-order valence-corrected chi connectivity index (χ3v) is 5.27. The second-order valence-electron chi connectivity index (χ2n) is 6.16. The summed E-state index contributed by atoms with van der Waals surface area (Å²) in [5, 5.41) is 3.62. The minimum atomic E-state index is -4.96. The van der Waals surface area contributed by atoms with Crippen molar-refractivity contribution in [1.29, 1.82) is 0 Å². The monoisotopic (exact) mass is 404 g/mol. The molecule has 3 rings (SSSR count). The molecule has 0 bridgehead atoms. The van der Waals surface area contributed by atoms with Crippen molar-refractivity contribution < 1.29 is 35.6 Å². The molecule has 0 atom stereocenters. The zero-order valence-electron chi connectivity index (χ0n) is 14.3. The van der Waals surface area contributed by atoms with E-state index in [1.807, 2.05) is 0 Å². The predicted octanol–water partition coefficient (Wildman–Crippen LogP) is 3.08. The first-order chi connectivity index (χ1) is 12.5. The van der Waals surface area contributed by atoms with E-state index in [1.165, 1.54) is 6.20 Å². The Hall–Kier alpha value is -2.56. The van der Waals surface area contributed by atoms with Crippen LogP contribution in [0, 0.1) is 0 Å². The van der Waals surface area contributed by atoms with Gasteiger partial charge in [-0.1, -0.05) is 5.16 Å². The summed E-state index contributed by atoms with van der Waals surface area (Å²) in [7, 11) is -2.72. The summed E-state index contributed by atoms with van der Waals surface area (Å²) in [5.74, 6) is -0.779. The van der Waals surface area contributed by atoms with Crippen molar-refractivity contribution in [3.05, 3.63) is 41.3 Å². The van der Waals surface area contributed by atoms with E-state index < -0.39 is 27.9 Å². The van der Waals surface area contributed by atoms with Crippen LogP contribution in [-0.4, -0.2) is 39.0 Å². The molecule has 11 heteroatoms. The highest BCUT2D eigenvalue weighted by Gasteiger charge is 2.35. The highest BCUT2D eigenvalue weighted by molar-refractivity contribution is 7.92. The van der Waals surface area contributed by atoms with E-state index in [1.54, 1.807) is 0 Å². The number of benzene rings is 1. The average Bonchev–Trinajstić information content (AvgIpc) is 3.28. The van der Waals surface area contributed by atoms with Gasteiger partial charge in [-0.15, -0.1) is 13.2 Å². The Balaban J connectivity index is 2.07. The van der Waals surface area contributed by atoms with Crippen molar-refractivity contribution in [3.63, 3.8) is 0 Å². The van der Waals surface area contributed by atoms with Gasteiger partial charge in [0.05, 0.1) is 23.7 Å². The summed E-state index contributed by atoms with van der Waals surface area (Å²) < 4.78 is 71.0. The van der Waals surface area contributed by atoms with Crippen molar-refractivity contribution in [3.8, 4) is 5.75 Å². The van der Waals surface area contributed by atoms with Gasteiger partial charge in [-0.05, 0) is 25.0 Å². The van der Waals surface area contributed by atoms with Crippen molar-refractivity contribution in [2.45, 2.75) is 25.1 Å². The fourth-order valence-corrected chi connectivity index (χ4v) is 3.05. The molecule has 0 radical (unpaired) electrons. The first-order valence-electron chi connectivity index (χ1n) is 7.80. The number of ketones is 1. The Morgan fingerprint density at radius 3 is 2.52 bits per heavy atom. The van der Waals surface area contributed by atoms with E-state index in [2.05, 4.69) is 9.89 Å². The number of hydrogen-bond acceptors (Lipinski definition) is 6. The fraction of sp³-hybridized carbons (Fsp3) is 0.375. The zero-order chi connectivity index (χ0) is 20.0. The molecular weight excluding hydrogens is 389 g/mol. The molecule has 0 saturated heterocycles. The number of alkyl halides is 3. The van der Waals surface area contributed by atoms with Crippen LogP contribution in [0.25, 0.3) is 0 Å². The largest absolute Gasteiger partial charge is 0.573 e. The number of nitrogens with zero attached hydrogens (tertiary/aromatic N) is 2. The second-order valence-corrected chi connectivity index (χ2v) is 8.18. The molecule has 0 N–H and O–H groups in total. The number of sulfonamides is 1. The van der Waals surface area contributed by atoms with Crippen molar-refractivity contribution >= 4 is 21.5 Å². The number of rotatable bonds is 6. The number of carbonyl (C=O) groups is 1. The van der Waals surface area contributed by atoms with Gasteiger partial charge in [0.15, 0.2) is 11.5 Å². The van der Waals surface area contributed by atoms with Gasteiger partial charge in [-0.25, -0.2) is 8.42 Å². The van der Waals surface area contributed by atoms with Crippen LogP contribution in [0.15, 0.2) is 28.9 Å². The van der Waals surface area contributed by atoms with Crippen LogP contribution in [0.4, 0.5) is 18.9 Å². The van der Waals surface area contributed by atoms with E-state index in [4.69, 9.17) is 4.52 Å². The molecule has 1 aromatic carbocycles. The van der Waals surface area contributed by atoms with E-state index in [9.17, 15) is 26.4 Å². The molecule has 27 heavy (non-hydrogen) atoms. The van der Waals surface area contributed by atoms with Gasteiger partial charge in [0, 0.05) is 24.6 Å². The first kappa shape index (κ1) is 19.2. The molecule has 1 saturated carbocycles. The number of ether oxygens (including phenoxy) is 1. The molecule has 2 aromatic rings. The Bertz CT molecular complexity index is 980. The molecule has 1 fully saturated rings. The van der Waals surface area contributed by atoms with E-state index in [-0.39, 0.29) is 22.7 Å². The number of hydrogen-bond donors (Lipinski definition) is 0. The number of anilines is 1. The Morgan fingerprint density at radius 1 is 1.30 bits per heavy atom. The predicted molar refractivity (Wildman–Crippen MR) is 88.3 cm³/mol. The molecule has 7 nitrogen and oxygen atoms in total. The summed E-state index contributed by atoms with van der Waals surface area (Å²) >= 11 is 0. The topological polar surface area (TPSA) is 89.7 Å². The number of halogens is 3. The molecule has 0 aliphatic heterocycles. The average molecular weight is 404 g/mol. The molecule has 0 unspecified atom stereocenters. The molecule has 146 valence electrons. The lowest BCUT2D eigenvalue weighted by atomic mass is 10.0. The van der Waals surface area contributed by atoms with Gasteiger partial charge in [0.2, 0.25) is 10.0 Å².